The van der Waals surface area contributed by atoms with E-state index < -0.39 is 17.3 Å². The predicted molar refractivity (Wildman–Crippen MR) is 94.3 cm³/mol. The molecule has 3 rings (SSSR count). The van der Waals surface area contributed by atoms with Crippen LogP contribution in [0.3, 0.4) is 0 Å². The zero-order valence-corrected chi connectivity index (χ0v) is 15.2. The van der Waals surface area contributed by atoms with Crippen molar-refractivity contribution in [2.45, 2.75) is 19.6 Å². The Balaban J connectivity index is 1.90. The highest BCUT2D eigenvalue weighted by Crippen LogP contribution is 2.32. The molecule has 3 aromatic rings. The molecule has 0 spiro atoms. The molecule has 8 nitrogen and oxygen atoms in total. The lowest BCUT2D eigenvalue weighted by Crippen LogP contribution is -2.33. The molecule has 0 saturated heterocycles. The first-order valence-electron chi connectivity index (χ1n) is 7.99. The Labute approximate surface area is 160 Å². The fraction of sp³-hybridized carbons (Fsp3) is 0.250. The topological polar surface area (TPSA) is 103 Å². The molecular weight excluding hydrogens is 397 g/mol. The molecule has 3 aromatic heterocycles. The van der Waals surface area contributed by atoms with E-state index in [9.17, 15) is 22.8 Å². The van der Waals surface area contributed by atoms with Crippen LogP contribution in [0.4, 0.5) is 13.2 Å². The summed E-state index contributed by atoms with van der Waals surface area (Å²) in [7, 11) is 0. The molecule has 12 heteroatoms. The van der Waals surface area contributed by atoms with Crippen molar-refractivity contribution in [3.05, 3.63) is 46.5 Å². The first-order chi connectivity index (χ1) is 13.3. The lowest BCUT2D eigenvalue weighted by Gasteiger charge is -2.06. The Kier molecular flexibility index (Phi) is 5.49. The molecule has 0 atom stereocenters. The number of likely N-dealkylation sites (N-methyl/N-ethyl adjacent to an activating group) is 1. The molecule has 0 bridgehead atoms. The van der Waals surface area contributed by atoms with Gasteiger partial charge in [-0.3, -0.25) is 14.6 Å². The summed E-state index contributed by atoms with van der Waals surface area (Å²) in [5.41, 5.74) is -0.997. The van der Waals surface area contributed by atoms with Crippen molar-refractivity contribution in [2.24, 2.45) is 0 Å². The second kappa shape index (κ2) is 7.84. The Morgan fingerprint density at radius 1 is 1.29 bits per heavy atom. The minimum atomic E-state index is -4.52. The van der Waals surface area contributed by atoms with Gasteiger partial charge >= 0.3 is 6.18 Å². The number of amides is 1. The van der Waals surface area contributed by atoms with E-state index in [0.29, 0.717) is 6.54 Å². The third-order valence-electron chi connectivity index (χ3n) is 3.50. The van der Waals surface area contributed by atoms with Crippen LogP contribution in [0.15, 0.2) is 35.4 Å². The molecule has 0 aliphatic heterocycles. The molecule has 146 valence electrons. The van der Waals surface area contributed by atoms with Crippen LogP contribution in [0.5, 0.6) is 0 Å². The van der Waals surface area contributed by atoms with Gasteiger partial charge in [0.1, 0.15) is 17.2 Å². The highest BCUT2D eigenvalue weighted by molar-refractivity contribution is 7.09. The number of nitrogens with zero attached hydrogens (tertiary/aromatic N) is 5. The highest BCUT2D eigenvalue weighted by atomic mass is 32.1. The molecule has 0 aromatic carbocycles. The number of rotatable bonds is 5. The third-order valence-corrected chi connectivity index (χ3v) is 4.27. The van der Waals surface area contributed by atoms with Crippen LogP contribution >= 0.6 is 11.5 Å². The molecule has 0 fully saturated rings. The van der Waals surface area contributed by atoms with Gasteiger partial charge in [0.05, 0.1) is 5.56 Å². The molecule has 3 heterocycles. The van der Waals surface area contributed by atoms with Crippen LogP contribution in [0, 0.1) is 0 Å². The molecule has 0 unspecified atom stereocenters. The summed E-state index contributed by atoms with van der Waals surface area (Å²) in [6.45, 7) is 1.89. The zero-order valence-electron chi connectivity index (χ0n) is 14.4. The summed E-state index contributed by atoms with van der Waals surface area (Å²) in [5, 5.41) is 6.83. The Hall–Kier alpha value is -3.15. The molecule has 0 saturated carbocycles. The average molecular weight is 410 g/mol. The van der Waals surface area contributed by atoms with Crippen LogP contribution in [0.1, 0.15) is 12.5 Å². The van der Waals surface area contributed by atoms with Crippen LogP contribution in [-0.4, -0.2) is 36.6 Å². The van der Waals surface area contributed by atoms with Gasteiger partial charge in [-0.2, -0.15) is 22.6 Å². The van der Waals surface area contributed by atoms with Gasteiger partial charge in [0.15, 0.2) is 5.82 Å². The Bertz CT molecular complexity index is 1060. The van der Waals surface area contributed by atoms with Crippen molar-refractivity contribution in [3.8, 4) is 22.1 Å². The molecule has 0 radical (unpaired) electrons. The number of pyridine rings is 1. The monoisotopic (exact) mass is 410 g/mol. The van der Waals surface area contributed by atoms with Crippen LogP contribution in [-0.2, 0) is 17.5 Å². The molecule has 0 aliphatic carbocycles. The summed E-state index contributed by atoms with van der Waals surface area (Å²) in [6.07, 6.45) is -2.54. The first kappa shape index (κ1) is 19.6. The van der Waals surface area contributed by atoms with Crippen molar-refractivity contribution in [2.75, 3.05) is 6.54 Å². The SMILES string of the molecule is CCNC(=O)Cn1nc(-c2nsc(-c3cncc(C(F)(F)F)c3)n2)ccc1=O. The van der Waals surface area contributed by atoms with Gasteiger partial charge in [0.2, 0.25) is 5.91 Å². The molecule has 28 heavy (non-hydrogen) atoms. The Morgan fingerprint density at radius 3 is 2.79 bits per heavy atom. The van der Waals surface area contributed by atoms with Gasteiger partial charge in [-0.15, -0.1) is 0 Å². The van der Waals surface area contributed by atoms with E-state index in [1.165, 1.54) is 18.3 Å². The van der Waals surface area contributed by atoms with Gasteiger partial charge < -0.3 is 5.32 Å². The van der Waals surface area contributed by atoms with Gasteiger partial charge in [-0.25, -0.2) is 9.67 Å². The Morgan fingerprint density at radius 2 is 2.07 bits per heavy atom. The van der Waals surface area contributed by atoms with E-state index in [1.54, 1.807) is 6.92 Å². The van der Waals surface area contributed by atoms with Gasteiger partial charge in [0, 0.05) is 30.6 Å². The average Bonchev–Trinajstić information content (AvgIpc) is 3.13. The lowest BCUT2D eigenvalue weighted by atomic mass is 10.2. The van der Waals surface area contributed by atoms with Gasteiger partial charge in [-0.05, 0) is 30.6 Å². The van der Waals surface area contributed by atoms with Crippen molar-refractivity contribution < 1.29 is 18.0 Å². The van der Waals surface area contributed by atoms with Gasteiger partial charge in [-0.1, -0.05) is 0 Å². The predicted octanol–water partition coefficient (Wildman–Crippen LogP) is 1.98. The van der Waals surface area contributed by atoms with Gasteiger partial charge in [0.25, 0.3) is 5.56 Å². The van der Waals surface area contributed by atoms with Crippen LogP contribution in [0.2, 0.25) is 0 Å². The number of aromatic nitrogens is 5. The number of hydrogen-bond donors (Lipinski definition) is 1. The van der Waals surface area contributed by atoms with Crippen molar-refractivity contribution in [3.63, 3.8) is 0 Å². The van der Waals surface area contributed by atoms with Crippen LogP contribution < -0.4 is 10.9 Å². The smallest absolute Gasteiger partial charge is 0.355 e. The van der Waals surface area contributed by atoms with E-state index >= 15 is 0 Å². The molecule has 0 aliphatic rings. The number of carbonyl (C=O) groups excluding carboxylic acids is 1. The van der Waals surface area contributed by atoms with E-state index in [1.807, 2.05) is 0 Å². The summed E-state index contributed by atoms with van der Waals surface area (Å²) in [4.78, 5) is 31.3. The number of alkyl halides is 3. The first-order valence-corrected chi connectivity index (χ1v) is 8.77. The maximum Gasteiger partial charge on any atom is 0.417 e. The zero-order chi connectivity index (χ0) is 20.3. The number of hydrogen-bond acceptors (Lipinski definition) is 7. The summed E-state index contributed by atoms with van der Waals surface area (Å²) < 4.78 is 43.6. The van der Waals surface area contributed by atoms with Crippen molar-refractivity contribution in [1.29, 1.82) is 0 Å². The fourth-order valence-corrected chi connectivity index (χ4v) is 2.88. The van der Waals surface area contributed by atoms with Crippen molar-refractivity contribution >= 4 is 17.4 Å². The highest BCUT2D eigenvalue weighted by Gasteiger charge is 2.31. The van der Waals surface area contributed by atoms with E-state index in [2.05, 4.69) is 24.8 Å². The number of carbonyl (C=O) groups is 1. The minimum absolute atomic E-state index is 0.127. The lowest BCUT2D eigenvalue weighted by molar-refractivity contribution is -0.137. The second-order valence-electron chi connectivity index (χ2n) is 5.55. The fourth-order valence-electron chi connectivity index (χ4n) is 2.23. The largest absolute Gasteiger partial charge is 0.417 e. The summed E-state index contributed by atoms with van der Waals surface area (Å²) in [6, 6.07) is 3.53. The molecule has 1 amide bonds. The third kappa shape index (κ3) is 4.39. The second-order valence-corrected chi connectivity index (χ2v) is 6.30. The van der Waals surface area contributed by atoms with Crippen LogP contribution in [0.25, 0.3) is 22.1 Å². The molecule has 1 N–H and O–H groups in total. The van der Waals surface area contributed by atoms with E-state index in [0.717, 1.165) is 28.5 Å². The van der Waals surface area contributed by atoms with E-state index in [4.69, 9.17) is 0 Å². The summed E-state index contributed by atoms with van der Waals surface area (Å²) in [5.74, 6) is -0.252. The maximum absolute atomic E-state index is 12.8. The quantitative estimate of drug-likeness (QED) is 0.690. The summed E-state index contributed by atoms with van der Waals surface area (Å²) >= 11 is 0.874. The van der Waals surface area contributed by atoms with E-state index in [-0.39, 0.29) is 34.5 Å². The standard InChI is InChI=1S/C16H13F3N6O2S/c1-2-21-12(26)8-25-13(27)4-3-11(23-25)14-22-15(28-24-14)9-5-10(7-20-6-9)16(17,18)19/h3-7H,2,8H2,1H3,(H,21,26). The number of nitrogens with one attached hydrogen (secondary N) is 1. The minimum Gasteiger partial charge on any atom is -0.355 e. The maximum atomic E-state index is 12.8. The molecular formula is C16H13F3N6O2S. The number of halogens is 3. The van der Waals surface area contributed by atoms with Crippen molar-refractivity contribution in [1.82, 2.24) is 29.4 Å². The normalized spacial score (nSPS) is 11.4.